The van der Waals surface area contributed by atoms with Crippen molar-refractivity contribution in [1.82, 2.24) is 4.90 Å². The highest BCUT2D eigenvalue weighted by atomic mass is 19.1. The van der Waals surface area contributed by atoms with Crippen LogP contribution in [0.15, 0.2) is 18.2 Å². The second-order valence-electron chi connectivity index (χ2n) is 6.83. The molecule has 0 bridgehead atoms. The Balaban J connectivity index is 1.69. The maximum atomic E-state index is 13.4. The van der Waals surface area contributed by atoms with Crippen molar-refractivity contribution in [3.8, 4) is 0 Å². The molecule has 3 rings (SSSR count). The third-order valence-corrected chi connectivity index (χ3v) is 5.05. The van der Waals surface area contributed by atoms with E-state index in [9.17, 15) is 18.8 Å². The maximum absolute atomic E-state index is 13.4. The van der Waals surface area contributed by atoms with E-state index < -0.39 is 5.97 Å². The van der Waals surface area contributed by atoms with Crippen molar-refractivity contribution in [3.63, 3.8) is 0 Å². The zero-order chi connectivity index (χ0) is 19.4. The van der Waals surface area contributed by atoms with Gasteiger partial charge in [-0.05, 0) is 43.0 Å². The number of anilines is 1. The van der Waals surface area contributed by atoms with Gasteiger partial charge in [0.2, 0.25) is 11.8 Å². The number of aryl methyl sites for hydroxylation is 1. The molecular formula is C19H23FN2O5. The zero-order valence-corrected chi connectivity index (χ0v) is 15.0. The molecule has 7 nitrogen and oxygen atoms in total. The molecule has 0 aliphatic carbocycles. The molecule has 0 unspecified atom stereocenters. The summed E-state index contributed by atoms with van der Waals surface area (Å²) in [6, 6.07) is 4.10. The average Bonchev–Trinajstić information content (AvgIpc) is 2.65. The van der Waals surface area contributed by atoms with Crippen molar-refractivity contribution < 1.29 is 28.6 Å². The highest BCUT2D eigenvalue weighted by Crippen LogP contribution is 2.28. The summed E-state index contributed by atoms with van der Waals surface area (Å²) in [5.74, 6) is -1.83. The number of ether oxygens (including phenoxy) is 1. The lowest BCUT2D eigenvalue weighted by Gasteiger charge is -2.34. The smallest absolute Gasteiger partial charge is 0.323 e. The second-order valence-corrected chi connectivity index (χ2v) is 6.83. The van der Waals surface area contributed by atoms with Crippen molar-refractivity contribution in [2.45, 2.75) is 38.1 Å². The molecule has 1 fully saturated rings. The van der Waals surface area contributed by atoms with Crippen molar-refractivity contribution >= 4 is 23.5 Å². The van der Waals surface area contributed by atoms with Gasteiger partial charge in [-0.25, -0.2) is 4.39 Å². The second kappa shape index (κ2) is 8.47. The van der Waals surface area contributed by atoms with Gasteiger partial charge >= 0.3 is 5.97 Å². The number of hydrogen-bond acceptors (Lipinski definition) is 4. The molecule has 1 aromatic carbocycles. The minimum absolute atomic E-state index is 0.0210. The number of carboxylic acid groups (broad SMARTS) is 1. The Hall–Kier alpha value is -2.48. The van der Waals surface area contributed by atoms with Crippen molar-refractivity contribution in [2.75, 3.05) is 31.2 Å². The van der Waals surface area contributed by atoms with E-state index in [0.717, 1.165) is 5.56 Å². The monoisotopic (exact) mass is 378 g/mol. The standard InChI is InChI=1S/C19H23FN2O5/c20-14-2-3-16-13(11-14)1-4-17(23)21(16)8-5-18(24)22(12-19(25)26)15-6-9-27-10-7-15/h2-3,11,15H,1,4-10,12H2,(H,25,26). The van der Waals surface area contributed by atoms with Crippen LogP contribution in [0.2, 0.25) is 0 Å². The Labute approximate surface area is 156 Å². The predicted octanol–water partition coefficient (Wildman–Crippen LogP) is 1.59. The van der Waals surface area contributed by atoms with E-state index in [1.54, 1.807) is 6.07 Å². The summed E-state index contributed by atoms with van der Waals surface area (Å²) < 4.78 is 18.7. The van der Waals surface area contributed by atoms with Crippen LogP contribution < -0.4 is 4.90 Å². The van der Waals surface area contributed by atoms with Gasteiger partial charge in [0.05, 0.1) is 0 Å². The fraction of sp³-hybridized carbons (Fsp3) is 0.526. The molecule has 0 aromatic heterocycles. The molecular weight excluding hydrogens is 355 g/mol. The number of rotatable bonds is 6. The number of amides is 2. The highest BCUT2D eigenvalue weighted by molar-refractivity contribution is 5.97. The van der Waals surface area contributed by atoms with Gasteiger partial charge in [0, 0.05) is 44.3 Å². The number of carbonyl (C=O) groups is 3. The van der Waals surface area contributed by atoms with Gasteiger partial charge in [-0.15, -0.1) is 0 Å². The van der Waals surface area contributed by atoms with Crippen molar-refractivity contribution in [2.24, 2.45) is 0 Å². The Morgan fingerprint density at radius 1 is 1.26 bits per heavy atom. The molecule has 1 N–H and O–H groups in total. The van der Waals surface area contributed by atoms with Crippen LogP contribution in [0, 0.1) is 5.82 Å². The lowest BCUT2D eigenvalue weighted by Crippen LogP contribution is -2.47. The first-order chi connectivity index (χ1) is 13.0. The molecule has 0 atom stereocenters. The van der Waals surface area contributed by atoms with Crippen molar-refractivity contribution in [1.29, 1.82) is 0 Å². The first-order valence-corrected chi connectivity index (χ1v) is 9.13. The van der Waals surface area contributed by atoms with E-state index in [0.29, 0.717) is 38.2 Å². The fourth-order valence-corrected chi connectivity index (χ4v) is 3.69. The SMILES string of the molecule is O=C(O)CN(C(=O)CCN1C(=O)CCc2cc(F)ccc21)C1CCOCC1. The molecule has 0 spiro atoms. The summed E-state index contributed by atoms with van der Waals surface area (Å²) >= 11 is 0. The fourth-order valence-electron chi connectivity index (χ4n) is 3.69. The van der Waals surface area contributed by atoms with E-state index in [1.807, 2.05) is 0 Å². The van der Waals surface area contributed by atoms with Crippen LogP contribution in [0.4, 0.5) is 10.1 Å². The number of carbonyl (C=O) groups excluding carboxylic acids is 2. The number of aliphatic carboxylic acids is 1. The third kappa shape index (κ3) is 4.63. The molecule has 2 aliphatic heterocycles. The van der Waals surface area contributed by atoms with Gasteiger partial charge in [-0.2, -0.15) is 0 Å². The number of nitrogens with zero attached hydrogens (tertiary/aromatic N) is 2. The van der Waals surface area contributed by atoms with Crippen LogP contribution in [0.3, 0.4) is 0 Å². The van der Waals surface area contributed by atoms with Crippen LogP contribution in [0.25, 0.3) is 0 Å². The molecule has 2 heterocycles. The van der Waals surface area contributed by atoms with Gasteiger partial charge in [0.1, 0.15) is 12.4 Å². The summed E-state index contributed by atoms with van der Waals surface area (Å²) in [4.78, 5) is 39.1. The molecule has 146 valence electrons. The Morgan fingerprint density at radius 3 is 2.70 bits per heavy atom. The van der Waals surface area contributed by atoms with Crippen LogP contribution in [0.5, 0.6) is 0 Å². The number of halogens is 1. The van der Waals surface area contributed by atoms with E-state index in [-0.39, 0.29) is 49.6 Å². The summed E-state index contributed by atoms with van der Waals surface area (Å²) in [6.07, 6.45) is 1.97. The Morgan fingerprint density at radius 2 is 2.00 bits per heavy atom. The summed E-state index contributed by atoms with van der Waals surface area (Å²) in [6.45, 7) is 0.782. The normalized spacial score (nSPS) is 17.5. The average molecular weight is 378 g/mol. The summed E-state index contributed by atoms with van der Waals surface area (Å²) in [5, 5.41) is 9.15. The van der Waals surface area contributed by atoms with Crippen LogP contribution in [-0.2, 0) is 25.5 Å². The summed E-state index contributed by atoms with van der Waals surface area (Å²) in [5.41, 5.74) is 1.37. The first kappa shape index (κ1) is 19.3. The van der Waals surface area contributed by atoms with Gasteiger partial charge < -0.3 is 19.6 Å². The quantitative estimate of drug-likeness (QED) is 0.812. The zero-order valence-electron chi connectivity index (χ0n) is 15.0. The molecule has 8 heteroatoms. The third-order valence-electron chi connectivity index (χ3n) is 5.05. The Bertz CT molecular complexity index is 733. The number of fused-ring (bicyclic) bond motifs is 1. The lowest BCUT2D eigenvalue weighted by molar-refractivity contribution is -0.147. The molecule has 27 heavy (non-hydrogen) atoms. The topological polar surface area (TPSA) is 87.2 Å². The van der Waals surface area contributed by atoms with E-state index in [1.165, 1.54) is 21.9 Å². The minimum Gasteiger partial charge on any atom is -0.480 e. The van der Waals surface area contributed by atoms with Gasteiger partial charge in [0.15, 0.2) is 0 Å². The largest absolute Gasteiger partial charge is 0.480 e. The Kier molecular flexibility index (Phi) is 6.05. The van der Waals surface area contributed by atoms with Crippen LogP contribution >= 0.6 is 0 Å². The summed E-state index contributed by atoms with van der Waals surface area (Å²) in [7, 11) is 0. The van der Waals surface area contributed by atoms with Gasteiger partial charge in [-0.1, -0.05) is 0 Å². The molecule has 2 aliphatic rings. The van der Waals surface area contributed by atoms with E-state index >= 15 is 0 Å². The van der Waals surface area contributed by atoms with E-state index in [2.05, 4.69) is 0 Å². The maximum Gasteiger partial charge on any atom is 0.323 e. The molecule has 0 saturated carbocycles. The highest BCUT2D eigenvalue weighted by Gasteiger charge is 2.29. The van der Waals surface area contributed by atoms with Gasteiger partial charge in [0.25, 0.3) is 0 Å². The van der Waals surface area contributed by atoms with E-state index in [4.69, 9.17) is 9.84 Å². The molecule has 1 saturated heterocycles. The van der Waals surface area contributed by atoms with Crippen LogP contribution in [0.1, 0.15) is 31.2 Å². The lowest BCUT2D eigenvalue weighted by atomic mass is 10.0. The molecule has 1 aromatic rings. The van der Waals surface area contributed by atoms with Crippen molar-refractivity contribution in [3.05, 3.63) is 29.6 Å². The number of carboxylic acids is 1. The predicted molar refractivity (Wildman–Crippen MR) is 94.9 cm³/mol. The van der Waals surface area contributed by atoms with Gasteiger partial charge in [-0.3, -0.25) is 14.4 Å². The number of benzene rings is 1. The molecule has 0 radical (unpaired) electrons. The molecule has 2 amide bonds. The first-order valence-electron chi connectivity index (χ1n) is 9.13. The number of hydrogen-bond donors (Lipinski definition) is 1. The minimum atomic E-state index is -1.07. The van der Waals surface area contributed by atoms with Crippen LogP contribution in [-0.4, -0.2) is 60.1 Å².